The van der Waals surface area contributed by atoms with E-state index in [0.717, 1.165) is 0 Å². The van der Waals surface area contributed by atoms with Crippen LogP contribution in [0.15, 0.2) is 0 Å². The van der Waals surface area contributed by atoms with Crippen molar-refractivity contribution in [1.29, 1.82) is 0 Å². The lowest BCUT2D eigenvalue weighted by Gasteiger charge is -2.23. The van der Waals surface area contributed by atoms with Crippen LogP contribution in [0.3, 0.4) is 0 Å². The Morgan fingerprint density at radius 3 is 1.84 bits per heavy atom. The van der Waals surface area contributed by atoms with Gasteiger partial charge in [0.05, 0.1) is 6.04 Å². The molecule has 0 bridgehead atoms. The molecule has 0 aliphatic heterocycles. The minimum absolute atomic E-state index is 0.231. The molecular weight excluding hydrogens is 428 g/mol. The van der Waals surface area contributed by atoms with Crippen LogP contribution in [0.2, 0.25) is 0 Å². The third kappa shape index (κ3) is 13.1. The minimum atomic E-state index is -1.34. The van der Waals surface area contributed by atoms with Crippen molar-refractivity contribution in [2.45, 2.75) is 63.1 Å². The van der Waals surface area contributed by atoms with Crippen LogP contribution in [0.25, 0.3) is 0 Å². The van der Waals surface area contributed by atoms with E-state index < -0.39 is 66.7 Å². The Balaban J connectivity index is 5.28. The molecule has 32 heavy (non-hydrogen) atoms. The van der Waals surface area contributed by atoms with Crippen LogP contribution in [0.5, 0.6) is 0 Å². The zero-order chi connectivity index (χ0) is 24.7. The van der Waals surface area contributed by atoms with Gasteiger partial charge in [0, 0.05) is 12.8 Å². The van der Waals surface area contributed by atoms with Crippen molar-refractivity contribution in [3.63, 3.8) is 0 Å². The number of nitrogens with one attached hydrogen (secondary N) is 3. The van der Waals surface area contributed by atoms with Crippen LogP contribution in [0, 0.1) is 0 Å². The Morgan fingerprint density at radius 1 is 0.750 bits per heavy atom. The van der Waals surface area contributed by atoms with Crippen molar-refractivity contribution in [1.82, 2.24) is 16.0 Å². The second-order valence-electron chi connectivity index (χ2n) is 7.06. The summed E-state index contributed by atoms with van der Waals surface area (Å²) in [6, 6.07) is -3.62. The molecule has 0 saturated carbocycles. The molecular formula is C18H32N6O8. The molecule has 4 amide bonds. The number of carboxylic acids is 2. The molecule has 0 heterocycles. The number of unbranched alkanes of at least 4 members (excludes halogenated alkanes) is 1. The van der Waals surface area contributed by atoms with Gasteiger partial charge >= 0.3 is 11.9 Å². The summed E-state index contributed by atoms with van der Waals surface area (Å²) in [5.41, 5.74) is 16.2. The average Bonchev–Trinajstić information content (AvgIpc) is 2.71. The third-order valence-corrected chi connectivity index (χ3v) is 4.31. The van der Waals surface area contributed by atoms with Crippen molar-refractivity contribution < 1.29 is 39.0 Å². The van der Waals surface area contributed by atoms with Crippen molar-refractivity contribution in [2.24, 2.45) is 17.2 Å². The van der Waals surface area contributed by atoms with Gasteiger partial charge in [-0.25, -0.2) is 0 Å². The number of hydrogen-bond donors (Lipinski definition) is 8. The van der Waals surface area contributed by atoms with Crippen molar-refractivity contribution in [2.75, 3.05) is 13.1 Å². The summed E-state index contributed by atoms with van der Waals surface area (Å²) < 4.78 is 0. The number of hydrogen-bond acceptors (Lipinski definition) is 8. The largest absolute Gasteiger partial charge is 0.481 e. The van der Waals surface area contributed by atoms with Gasteiger partial charge in [0.1, 0.15) is 18.6 Å². The van der Waals surface area contributed by atoms with E-state index >= 15 is 0 Å². The first-order valence-electron chi connectivity index (χ1n) is 10.0. The number of primary amides is 1. The van der Waals surface area contributed by atoms with E-state index in [1.165, 1.54) is 0 Å². The summed E-state index contributed by atoms with van der Waals surface area (Å²) in [5.74, 6) is -5.76. The van der Waals surface area contributed by atoms with Gasteiger partial charge in [-0.3, -0.25) is 28.8 Å². The van der Waals surface area contributed by atoms with E-state index in [0.29, 0.717) is 25.8 Å². The molecule has 0 saturated heterocycles. The highest BCUT2D eigenvalue weighted by molar-refractivity contribution is 5.94. The number of nitrogens with two attached hydrogens (primary N) is 3. The highest BCUT2D eigenvalue weighted by atomic mass is 16.4. The first kappa shape index (κ1) is 28.7. The molecule has 0 fully saturated rings. The quantitative estimate of drug-likeness (QED) is 0.100. The van der Waals surface area contributed by atoms with E-state index in [-0.39, 0.29) is 19.3 Å². The normalized spacial score (nSPS) is 13.3. The molecule has 0 spiro atoms. The van der Waals surface area contributed by atoms with Crippen molar-refractivity contribution in [3.05, 3.63) is 0 Å². The van der Waals surface area contributed by atoms with E-state index in [1.54, 1.807) is 0 Å². The van der Waals surface area contributed by atoms with E-state index in [1.807, 2.05) is 0 Å². The molecule has 0 aliphatic carbocycles. The predicted octanol–water partition coefficient (Wildman–Crippen LogP) is -3.26. The van der Waals surface area contributed by atoms with Gasteiger partial charge in [0.25, 0.3) is 0 Å². The minimum Gasteiger partial charge on any atom is -0.481 e. The molecule has 14 nitrogen and oxygen atoms in total. The van der Waals surface area contributed by atoms with Crippen LogP contribution in [-0.4, -0.2) is 77.0 Å². The summed E-state index contributed by atoms with van der Waals surface area (Å²) in [6.07, 6.45) is 0.260. The summed E-state index contributed by atoms with van der Waals surface area (Å²) >= 11 is 0. The number of amides is 4. The fraction of sp³-hybridized carbons (Fsp3) is 0.667. The molecule has 0 aromatic rings. The molecule has 0 aromatic heterocycles. The van der Waals surface area contributed by atoms with Crippen LogP contribution < -0.4 is 33.2 Å². The monoisotopic (exact) mass is 460 g/mol. The molecule has 0 radical (unpaired) electrons. The van der Waals surface area contributed by atoms with Crippen LogP contribution in [-0.2, 0) is 28.8 Å². The zero-order valence-corrected chi connectivity index (χ0v) is 17.7. The molecule has 3 unspecified atom stereocenters. The van der Waals surface area contributed by atoms with Gasteiger partial charge in [0.15, 0.2) is 0 Å². The lowest BCUT2D eigenvalue weighted by Crippen LogP contribution is -2.56. The number of carbonyl (C=O) groups is 6. The molecule has 14 heteroatoms. The fourth-order valence-corrected chi connectivity index (χ4v) is 2.57. The molecule has 0 aromatic carbocycles. The maximum Gasteiger partial charge on any atom is 0.322 e. The smallest absolute Gasteiger partial charge is 0.322 e. The summed E-state index contributed by atoms with van der Waals surface area (Å²) in [6.45, 7) is -0.298. The van der Waals surface area contributed by atoms with Crippen molar-refractivity contribution in [3.8, 4) is 0 Å². The first-order valence-corrected chi connectivity index (χ1v) is 10.0. The molecule has 11 N–H and O–H groups in total. The maximum absolute atomic E-state index is 12.7. The number of carboxylic acid groups (broad SMARTS) is 2. The van der Waals surface area contributed by atoms with Gasteiger partial charge in [-0.05, 0) is 32.2 Å². The lowest BCUT2D eigenvalue weighted by molar-refractivity contribution is -0.139. The lowest BCUT2D eigenvalue weighted by atomic mass is 10.1. The van der Waals surface area contributed by atoms with Gasteiger partial charge in [0.2, 0.25) is 23.6 Å². The van der Waals surface area contributed by atoms with E-state index in [9.17, 15) is 28.8 Å². The van der Waals surface area contributed by atoms with Crippen molar-refractivity contribution >= 4 is 35.6 Å². The summed E-state index contributed by atoms with van der Waals surface area (Å²) in [7, 11) is 0. The van der Waals surface area contributed by atoms with Crippen LogP contribution >= 0.6 is 0 Å². The average molecular weight is 460 g/mol. The SMILES string of the molecule is NCCCCC(N)C(=O)NC(CCC(=O)O)C(=O)NC(CCC(N)=O)C(=O)NCC(=O)O. The maximum atomic E-state index is 12.7. The van der Waals surface area contributed by atoms with Gasteiger partial charge in [-0.1, -0.05) is 6.42 Å². The second kappa shape index (κ2) is 15.5. The summed E-state index contributed by atoms with van der Waals surface area (Å²) in [5, 5.41) is 24.3. The predicted molar refractivity (Wildman–Crippen MR) is 111 cm³/mol. The fourth-order valence-electron chi connectivity index (χ4n) is 2.57. The van der Waals surface area contributed by atoms with Crippen LogP contribution in [0.1, 0.15) is 44.9 Å². The van der Waals surface area contributed by atoms with E-state index in [4.69, 9.17) is 27.4 Å². The molecule has 0 aliphatic rings. The van der Waals surface area contributed by atoms with Crippen LogP contribution in [0.4, 0.5) is 0 Å². The zero-order valence-electron chi connectivity index (χ0n) is 17.7. The summed E-state index contributed by atoms with van der Waals surface area (Å²) in [4.78, 5) is 69.8. The molecule has 0 rings (SSSR count). The Labute approximate surface area is 184 Å². The second-order valence-corrected chi connectivity index (χ2v) is 7.06. The Bertz CT molecular complexity index is 686. The topological polar surface area (TPSA) is 257 Å². The molecule has 182 valence electrons. The van der Waals surface area contributed by atoms with E-state index in [2.05, 4.69) is 16.0 Å². The van der Waals surface area contributed by atoms with Gasteiger partial charge in [-0.2, -0.15) is 0 Å². The number of aliphatic carboxylic acids is 2. The Kier molecular flexibility index (Phi) is 13.9. The van der Waals surface area contributed by atoms with Gasteiger partial charge in [-0.15, -0.1) is 0 Å². The highest BCUT2D eigenvalue weighted by Gasteiger charge is 2.28. The Morgan fingerprint density at radius 2 is 1.31 bits per heavy atom. The Hall–Kier alpha value is -3.26. The van der Waals surface area contributed by atoms with Gasteiger partial charge < -0.3 is 43.4 Å². The number of carbonyl (C=O) groups excluding carboxylic acids is 4. The standard InChI is InChI=1S/C18H32N6O8/c19-8-2-1-3-10(20)16(30)23-12(5-7-14(26)27)18(32)24-11(4-6-13(21)25)17(31)22-9-15(28)29/h10-12H,1-9,19-20H2,(H2,21,25)(H,22,31)(H,23,30)(H,24,32)(H,26,27)(H,28,29). The molecule has 3 atom stereocenters. The highest BCUT2D eigenvalue weighted by Crippen LogP contribution is 2.05. The third-order valence-electron chi connectivity index (χ3n) is 4.31. The first-order chi connectivity index (χ1) is 15.0. The number of rotatable bonds is 17.